The summed E-state index contributed by atoms with van der Waals surface area (Å²) < 4.78 is 0. The highest BCUT2D eigenvalue weighted by Gasteiger charge is 2.19. The minimum absolute atomic E-state index is 0.580. The lowest BCUT2D eigenvalue weighted by molar-refractivity contribution is 0.266. The zero-order chi connectivity index (χ0) is 11.0. The maximum Gasteiger partial charge on any atom is 0.0400 e. The van der Waals surface area contributed by atoms with E-state index in [1.54, 1.807) is 0 Å². The Hall–Kier alpha value is -0.150. The van der Waals surface area contributed by atoms with Gasteiger partial charge in [0.1, 0.15) is 0 Å². The van der Waals surface area contributed by atoms with E-state index in [1.165, 1.54) is 12.8 Å². The van der Waals surface area contributed by atoms with E-state index >= 15 is 0 Å². The van der Waals surface area contributed by atoms with Crippen LogP contribution in [0.3, 0.4) is 0 Å². The molecule has 0 spiro atoms. The Balaban J connectivity index is 4.33. The zero-order valence-electron chi connectivity index (χ0n) is 9.70. The minimum atomic E-state index is 0.580. The number of nitrogens with two attached hydrogens (primary N) is 1. The van der Waals surface area contributed by atoms with Crippen molar-refractivity contribution in [3.05, 3.63) is 12.8 Å². The highest BCUT2D eigenvalue weighted by molar-refractivity contribution is 7.99. The molecule has 2 N–H and O–H groups in total. The lowest BCUT2D eigenvalue weighted by Gasteiger charge is -2.33. The Morgan fingerprint density at radius 2 is 2.21 bits per heavy atom. The van der Waals surface area contributed by atoms with Gasteiger partial charge in [0, 0.05) is 24.4 Å². The first-order chi connectivity index (χ1) is 6.71. The molecular formula is C11H24N2S. The average Bonchev–Trinajstić information content (AvgIpc) is 2.22. The van der Waals surface area contributed by atoms with Crippen molar-refractivity contribution in [2.45, 2.75) is 38.0 Å². The van der Waals surface area contributed by atoms with Gasteiger partial charge in [0.15, 0.2) is 0 Å². The van der Waals surface area contributed by atoms with Crippen LogP contribution in [0.1, 0.15) is 26.7 Å². The van der Waals surface area contributed by atoms with E-state index < -0.39 is 0 Å². The van der Waals surface area contributed by atoms with Crippen molar-refractivity contribution in [3.8, 4) is 0 Å². The average molecular weight is 216 g/mol. The molecule has 0 aromatic heterocycles. The molecule has 3 heteroatoms. The number of hydrogen-bond acceptors (Lipinski definition) is 3. The molecule has 0 bridgehead atoms. The van der Waals surface area contributed by atoms with Crippen molar-refractivity contribution in [2.75, 3.05) is 19.3 Å². The van der Waals surface area contributed by atoms with Crippen molar-refractivity contribution in [1.82, 2.24) is 4.90 Å². The van der Waals surface area contributed by atoms with Gasteiger partial charge in [0.2, 0.25) is 0 Å². The predicted octanol–water partition coefficient (Wildman–Crippen LogP) is 2.31. The summed E-state index contributed by atoms with van der Waals surface area (Å²) in [5, 5.41) is 0.638. The standard InChI is InChI=1S/C11H24N2S/c1-5-7-11(10(3)14-4)13(6-2)9-8-12/h6,10-11H,2,5,7-9,12H2,1,3-4H3. The molecule has 0 heterocycles. The number of hydrogen-bond donors (Lipinski definition) is 1. The fourth-order valence-corrected chi connectivity index (χ4v) is 2.27. The third kappa shape index (κ3) is 4.38. The van der Waals surface area contributed by atoms with E-state index in [1.807, 2.05) is 18.0 Å². The van der Waals surface area contributed by atoms with Gasteiger partial charge < -0.3 is 10.6 Å². The molecule has 0 amide bonds. The molecule has 84 valence electrons. The zero-order valence-corrected chi connectivity index (χ0v) is 10.5. The van der Waals surface area contributed by atoms with Crippen molar-refractivity contribution >= 4 is 11.8 Å². The Labute approximate surface area is 92.9 Å². The van der Waals surface area contributed by atoms with Gasteiger partial charge in [-0.15, -0.1) is 0 Å². The molecule has 0 aliphatic carbocycles. The Morgan fingerprint density at radius 1 is 1.57 bits per heavy atom. The molecule has 14 heavy (non-hydrogen) atoms. The van der Waals surface area contributed by atoms with E-state index in [0.717, 1.165) is 6.54 Å². The second kappa shape index (κ2) is 8.18. The fourth-order valence-electron chi connectivity index (χ4n) is 1.66. The van der Waals surface area contributed by atoms with Crippen LogP contribution in [0, 0.1) is 0 Å². The van der Waals surface area contributed by atoms with Gasteiger partial charge in [0.05, 0.1) is 0 Å². The van der Waals surface area contributed by atoms with Gasteiger partial charge >= 0.3 is 0 Å². The molecule has 0 rings (SSSR count). The van der Waals surface area contributed by atoms with Gasteiger partial charge in [0.25, 0.3) is 0 Å². The van der Waals surface area contributed by atoms with Crippen molar-refractivity contribution in [2.24, 2.45) is 5.73 Å². The van der Waals surface area contributed by atoms with Crippen LogP contribution in [-0.4, -0.2) is 35.5 Å². The van der Waals surface area contributed by atoms with E-state index in [0.29, 0.717) is 17.8 Å². The second-order valence-corrected chi connectivity index (χ2v) is 4.72. The van der Waals surface area contributed by atoms with Crippen molar-refractivity contribution in [3.63, 3.8) is 0 Å². The molecule has 2 unspecified atom stereocenters. The molecular weight excluding hydrogens is 192 g/mol. The normalized spacial score (nSPS) is 14.9. The third-order valence-corrected chi connectivity index (χ3v) is 3.60. The summed E-state index contributed by atoms with van der Waals surface area (Å²) in [6.45, 7) is 9.98. The first-order valence-corrected chi connectivity index (χ1v) is 6.61. The molecule has 0 aromatic rings. The highest BCUT2D eigenvalue weighted by atomic mass is 32.2. The monoisotopic (exact) mass is 216 g/mol. The molecule has 0 aromatic carbocycles. The Kier molecular flexibility index (Phi) is 8.09. The van der Waals surface area contributed by atoms with Gasteiger partial charge in [-0.1, -0.05) is 26.8 Å². The molecule has 0 radical (unpaired) electrons. The number of nitrogens with zero attached hydrogens (tertiary/aromatic N) is 1. The maximum absolute atomic E-state index is 5.58. The summed E-state index contributed by atoms with van der Waals surface area (Å²) in [4.78, 5) is 2.28. The van der Waals surface area contributed by atoms with Gasteiger partial charge in [-0.2, -0.15) is 11.8 Å². The molecule has 0 saturated heterocycles. The first kappa shape index (κ1) is 13.8. The molecule has 0 fully saturated rings. The summed E-state index contributed by atoms with van der Waals surface area (Å²) in [5.41, 5.74) is 5.58. The minimum Gasteiger partial charge on any atom is -0.373 e. The van der Waals surface area contributed by atoms with Crippen LogP contribution in [0.25, 0.3) is 0 Å². The maximum atomic E-state index is 5.58. The van der Waals surface area contributed by atoms with Crippen LogP contribution >= 0.6 is 11.8 Å². The van der Waals surface area contributed by atoms with Gasteiger partial charge in [-0.25, -0.2) is 0 Å². The molecule has 2 atom stereocenters. The highest BCUT2D eigenvalue weighted by Crippen LogP contribution is 2.20. The summed E-state index contributed by atoms with van der Waals surface area (Å²) in [6.07, 6.45) is 6.52. The van der Waals surface area contributed by atoms with Gasteiger partial charge in [-0.3, -0.25) is 0 Å². The number of rotatable bonds is 8. The Morgan fingerprint density at radius 3 is 2.57 bits per heavy atom. The number of thioether (sulfide) groups is 1. The van der Waals surface area contributed by atoms with E-state index in [9.17, 15) is 0 Å². The predicted molar refractivity (Wildman–Crippen MR) is 67.6 cm³/mol. The second-order valence-electron chi connectivity index (χ2n) is 3.51. The molecule has 0 saturated carbocycles. The third-order valence-electron chi connectivity index (χ3n) is 2.55. The van der Waals surface area contributed by atoms with Gasteiger partial charge in [-0.05, 0) is 18.9 Å². The first-order valence-electron chi connectivity index (χ1n) is 5.32. The lowest BCUT2D eigenvalue weighted by atomic mass is 10.1. The van der Waals surface area contributed by atoms with Crippen LogP contribution in [0.2, 0.25) is 0 Å². The van der Waals surface area contributed by atoms with Crippen LogP contribution in [0.5, 0.6) is 0 Å². The fraction of sp³-hybridized carbons (Fsp3) is 0.818. The molecule has 0 aliphatic heterocycles. The van der Waals surface area contributed by atoms with E-state index in [2.05, 4.69) is 31.6 Å². The van der Waals surface area contributed by atoms with Crippen molar-refractivity contribution in [1.29, 1.82) is 0 Å². The van der Waals surface area contributed by atoms with Crippen LogP contribution < -0.4 is 5.73 Å². The summed E-state index contributed by atoms with van der Waals surface area (Å²) >= 11 is 1.91. The van der Waals surface area contributed by atoms with Crippen molar-refractivity contribution < 1.29 is 0 Å². The molecule has 0 aliphatic rings. The van der Waals surface area contributed by atoms with E-state index in [4.69, 9.17) is 5.73 Å². The quantitative estimate of drug-likeness (QED) is 0.675. The SMILES string of the molecule is C=CN(CCN)C(CCC)C(C)SC. The van der Waals surface area contributed by atoms with E-state index in [-0.39, 0.29) is 0 Å². The Bertz CT molecular complexity index is 150. The summed E-state index contributed by atoms with van der Waals surface area (Å²) in [5.74, 6) is 0. The summed E-state index contributed by atoms with van der Waals surface area (Å²) in [6, 6.07) is 0.580. The molecule has 2 nitrogen and oxygen atoms in total. The largest absolute Gasteiger partial charge is 0.373 e. The van der Waals surface area contributed by atoms with Crippen LogP contribution in [-0.2, 0) is 0 Å². The lowest BCUT2D eigenvalue weighted by Crippen LogP contribution is -2.40. The smallest absolute Gasteiger partial charge is 0.0400 e. The van der Waals surface area contributed by atoms with Crippen LogP contribution in [0.15, 0.2) is 12.8 Å². The topological polar surface area (TPSA) is 29.3 Å². The summed E-state index contributed by atoms with van der Waals surface area (Å²) in [7, 11) is 0. The van der Waals surface area contributed by atoms with Crippen LogP contribution in [0.4, 0.5) is 0 Å².